The lowest BCUT2D eigenvalue weighted by Crippen LogP contribution is -2.28. The highest BCUT2D eigenvalue weighted by Gasteiger charge is 2.11. The average Bonchev–Trinajstić information content (AvgIpc) is 3.21. The van der Waals surface area contributed by atoms with Crippen LogP contribution in [0.15, 0.2) is 54.6 Å². The van der Waals surface area contributed by atoms with Crippen molar-refractivity contribution in [2.75, 3.05) is 19.0 Å². The second-order valence-electron chi connectivity index (χ2n) is 6.37. The number of methoxy groups -OCH3 is 1. The SMILES string of the molecule is COC(CN)CC(=O)Nc1ccc(CCn2nnc(-c3ccccc3)n2)cc1.Cl. The van der Waals surface area contributed by atoms with Gasteiger partial charge in [0.25, 0.3) is 0 Å². The van der Waals surface area contributed by atoms with Crippen molar-refractivity contribution < 1.29 is 9.53 Å². The third-order valence-corrected chi connectivity index (χ3v) is 4.33. The maximum Gasteiger partial charge on any atom is 0.227 e. The molecular formula is C20H25ClN6O2. The van der Waals surface area contributed by atoms with Crippen LogP contribution >= 0.6 is 12.4 Å². The molecule has 0 saturated carbocycles. The molecule has 0 saturated heterocycles. The number of ether oxygens (including phenoxy) is 1. The first-order chi connectivity index (χ1) is 13.7. The van der Waals surface area contributed by atoms with Gasteiger partial charge in [-0.05, 0) is 29.3 Å². The topological polar surface area (TPSA) is 108 Å². The standard InChI is InChI=1S/C20H24N6O2.ClH/c1-28-18(14-21)13-19(27)22-17-9-7-15(8-10-17)11-12-26-24-20(23-25-26)16-5-3-2-4-6-16;/h2-10,18H,11-14,21H2,1H3,(H,22,27);1H. The van der Waals surface area contributed by atoms with E-state index in [1.54, 1.807) is 11.9 Å². The molecule has 2 aromatic carbocycles. The lowest BCUT2D eigenvalue weighted by Gasteiger charge is -2.12. The number of aryl methyl sites for hydroxylation is 2. The van der Waals surface area contributed by atoms with Crippen LogP contribution in [0.3, 0.4) is 0 Å². The predicted octanol–water partition coefficient (Wildman–Crippen LogP) is 2.31. The van der Waals surface area contributed by atoms with Gasteiger partial charge in [0, 0.05) is 24.9 Å². The third-order valence-electron chi connectivity index (χ3n) is 4.33. The highest BCUT2D eigenvalue weighted by molar-refractivity contribution is 5.91. The Bertz CT molecular complexity index is 882. The quantitative estimate of drug-likeness (QED) is 0.554. The average molecular weight is 417 g/mol. The molecule has 0 bridgehead atoms. The van der Waals surface area contributed by atoms with Crippen LogP contribution in [0.25, 0.3) is 11.4 Å². The Kier molecular flexibility index (Phi) is 8.72. The van der Waals surface area contributed by atoms with Crippen LogP contribution in [-0.4, -0.2) is 45.9 Å². The maximum absolute atomic E-state index is 12.0. The second kappa shape index (κ2) is 11.3. The van der Waals surface area contributed by atoms with E-state index in [-0.39, 0.29) is 30.8 Å². The molecule has 8 nitrogen and oxygen atoms in total. The molecule has 1 unspecified atom stereocenters. The minimum Gasteiger partial charge on any atom is -0.380 e. The molecule has 3 aromatic rings. The fraction of sp³-hybridized carbons (Fsp3) is 0.300. The fourth-order valence-electron chi connectivity index (χ4n) is 2.71. The molecule has 0 spiro atoms. The molecule has 29 heavy (non-hydrogen) atoms. The summed E-state index contributed by atoms with van der Waals surface area (Å²) in [4.78, 5) is 13.6. The van der Waals surface area contributed by atoms with Crippen LogP contribution in [-0.2, 0) is 22.5 Å². The van der Waals surface area contributed by atoms with Crippen LogP contribution in [0.1, 0.15) is 12.0 Å². The minimum atomic E-state index is -0.268. The summed E-state index contributed by atoms with van der Waals surface area (Å²) in [5, 5.41) is 15.5. The Hall–Kier alpha value is -2.81. The molecule has 1 amide bonds. The molecule has 3 rings (SSSR count). The Balaban J connectivity index is 0.00000300. The van der Waals surface area contributed by atoms with E-state index in [2.05, 4.69) is 20.7 Å². The van der Waals surface area contributed by atoms with Crippen molar-refractivity contribution >= 4 is 24.0 Å². The van der Waals surface area contributed by atoms with E-state index in [1.807, 2.05) is 54.6 Å². The van der Waals surface area contributed by atoms with E-state index in [0.29, 0.717) is 18.9 Å². The van der Waals surface area contributed by atoms with E-state index < -0.39 is 0 Å². The van der Waals surface area contributed by atoms with Gasteiger partial charge in [0.1, 0.15) is 0 Å². The summed E-state index contributed by atoms with van der Waals surface area (Å²) in [6, 6.07) is 17.5. The summed E-state index contributed by atoms with van der Waals surface area (Å²) in [5.74, 6) is 0.496. The number of tetrazole rings is 1. The summed E-state index contributed by atoms with van der Waals surface area (Å²) in [7, 11) is 1.55. The molecular weight excluding hydrogens is 392 g/mol. The summed E-state index contributed by atoms with van der Waals surface area (Å²) in [5.41, 5.74) is 8.34. The molecule has 0 fully saturated rings. The molecule has 9 heteroatoms. The highest BCUT2D eigenvalue weighted by Crippen LogP contribution is 2.13. The molecule has 1 aromatic heterocycles. The number of nitrogens with one attached hydrogen (secondary N) is 1. The van der Waals surface area contributed by atoms with Crippen LogP contribution < -0.4 is 11.1 Å². The fourth-order valence-corrected chi connectivity index (χ4v) is 2.71. The van der Waals surface area contributed by atoms with Gasteiger partial charge in [-0.2, -0.15) is 4.80 Å². The zero-order valence-electron chi connectivity index (χ0n) is 16.2. The second-order valence-corrected chi connectivity index (χ2v) is 6.37. The monoisotopic (exact) mass is 416 g/mol. The van der Waals surface area contributed by atoms with Crippen molar-refractivity contribution in [1.29, 1.82) is 0 Å². The Labute approximate surface area is 175 Å². The van der Waals surface area contributed by atoms with E-state index in [1.165, 1.54) is 0 Å². The zero-order valence-corrected chi connectivity index (χ0v) is 17.0. The van der Waals surface area contributed by atoms with E-state index in [9.17, 15) is 4.79 Å². The lowest BCUT2D eigenvalue weighted by molar-refractivity contribution is -0.118. The van der Waals surface area contributed by atoms with Crippen molar-refractivity contribution in [2.24, 2.45) is 5.73 Å². The molecule has 0 aliphatic heterocycles. The third kappa shape index (κ3) is 6.63. The van der Waals surface area contributed by atoms with Gasteiger partial charge in [-0.1, -0.05) is 42.5 Å². The van der Waals surface area contributed by atoms with Crippen molar-refractivity contribution in [3.63, 3.8) is 0 Å². The van der Waals surface area contributed by atoms with Gasteiger partial charge >= 0.3 is 0 Å². The number of carbonyl (C=O) groups excluding carboxylic acids is 1. The Morgan fingerprint density at radius 2 is 1.90 bits per heavy atom. The number of rotatable bonds is 9. The van der Waals surface area contributed by atoms with Crippen LogP contribution in [0.5, 0.6) is 0 Å². The smallest absolute Gasteiger partial charge is 0.227 e. The number of aromatic nitrogens is 4. The minimum absolute atomic E-state index is 0. The Morgan fingerprint density at radius 3 is 2.55 bits per heavy atom. The zero-order chi connectivity index (χ0) is 19.8. The number of hydrogen-bond acceptors (Lipinski definition) is 6. The first-order valence-electron chi connectivity index (χ1n) is 9.13. The predicted molar refractivity (Wildman–Crippen MR) is 114 cm³/mol. The highest BCUT2D eigenvalue weighted by atomic mass is 35.5. The van der Waals surface area contributed by atoms with E-state index >= 15 is 0 Å². The molecule has 0 aliphatic carbocycles. The summed E-state index contributed by atoms with van der Waals surface area (Å²) in [6.07, 6.45) is 0.726. The first-order valence-corrected chi connectivity index (χ1v) is 9.13. The summed E-state index contributed by atoms with van der Waals surface area (Å²) in [6.45, 7) is 0.933. The maximum atomic E-state index is 12.0. The molecule has 1 atom stereocenters. The van der Waals surface area contributed by atoms with E-state index in [0.717, 1.165) is 23.2 Å². The number of hydrogen-bond donors (Lipinski definition) is 2. The number of nitrogens with two attached hydrogens (primary N) is 1. The first kappa shape index (κ1) is 22.5. The number of carbonyl (C=O) groups is 1. The van der Waals surface area contributed by atoms with Gasteiger partial charge in [0.2, 0.25) is 11.7 Å². The van der Waals surface area contributed by atoms with Gasteiger partial charge in [-0.3, -0.25) is 4.79 Å². The van der Waals surface area contributed by atoms with Gasteiger partial charge < -0.3 is 15.8 Å². The summed E-state index contributed by atoms with van der Waals surface area (Å²) < 4.78 is 5.13. The van der Waals surface area contributed by atoms with Gasteiger partial charge in [-0.25, -0.2) is 0 Å². The lowest BCUT2D eigenvalue weighted by atomic mass is 10.1. The largest absolute Gasteiger partial charge is 0.380 e. The number of anilines is 1. The number of halogens is 1. The molecule has 0 radical (unpaired) electrons. The van der Waals surface area contributed by atoms with Gasteiger partial charge in [-0.15, -0.1) is 22.6 Å². The summed E-state index contributed by atoms with van der Waals surface area (Å²) >= 11 is 0. The molecule has 1 heterocycles. The van der Waals surface area contributed by atoms with Crippen molar-refractivity contribution in [2.45, 2.75) is 25.5 Å². The molecule has 0 aliphatic rings. The number of benzene rings is 2. The number of amides is 1. The van der Waals surface area contributed by atoms with Crippen LogP contribution in [0, 0.1) is 0 Å². The van der Waals surface area contributed by atoms with Crippen LogP contribution in [0.2, 0.25) is 0 Å². The van der Waals surface area contributed by atoms with Gasteiger partial charge in [0.05, 0.1) is 19.1 Å². The van der Waals surface area contributed by atoms with Crippen molar-refractivity contribution in [1.82, 2.24) is 20.2 Å². The van der Waals surface area contributed by atoms with Crippen LogP contribution in [0.4, 0.5) is 5.69 Å². The van der Waals surface area contributed by atoms with Crippen molar-refractivity contribution in [3.05, 3.63) is 60.2 Å². The molecule has 3 N–H and O–H groups in total. The normalized spacial score (nSPS) is 11.5. The Morgan fingerprint density at radius 1 is 1.17 bits per heavy atom. The number of nitrogens with zero attached hydrogens (tertiary/aromatic N) is 4. The van der Waals surface area contributed by atoms with Gasteiger partial charge in [0.15, 0.2) is 0 Å². The van der Waals surface area contributed by atoms with Crippen molar-refractivity contribution in [3.8, 4) is 11.4 Å². The molecule has 154 valence electrons. The van der Waals surface area contributed by atoms with E-state index in [4.69, 9.17) is 10.5 Å².